The maximum atomic E-state index is 2.75. The van der Waals surface area contributed by atoms with Crippen LogP contribution < -0.4 is 0 Å². The lowest BCUT2D eigenvalue weighted by atomic mass is 9.75. The summed E-state index contributed by atoms with van der Waals surface area (Å²) in [4.78, 5) is 0. The third kappa shape index (κ3) is 2.95. The van der Waals surface area contributed by atoms with Gasteiger partial charge in [0.05, 0.1) is 0 Å². The molecule has 0 amide bonds. The van der Waals surface area contributed by atoms with E-state index in [0.717, 1.165) is 35.5 Å². The zero-order chi connectivity index (χ0) is 15.9. The van der Waals surface area contributed by atoms with Gasteiger partial charge in [-0.05, 0) is 93.3 Å². The molecule has 0 aromatic carbocycles. The Morgan fingerprint density at radius 1 is 0.875 bits per heavy atom. The summed E-state index contributed by atoms with van der Waals surface area (Å²) in [6.07, 6.45) is 28.0. The standard InChI is InChI=1S/C24H34/c1-3-17-4-2-6-19-10-12-22(14-19)24-16-20(8-7-17)15-23(24)21-11-9-18(5-1)13-21/h5,7-8,15,17,19,21-24H,1-4,6,9-14,16H2/t17-,19?,21-,22+,23+,24-/m0/s1. The first-order valence-corrected chi connectivity index (χ1v) is 10.9. The summed E-state index contributed by atoms with van der Waals surface area (Å²) in [5, 5.41) is 0. The molecule has 2 saturated carbocycles. The van der Waals surface area contributed by atoms with Gasteiger partial charge in [0.2, 0.25) is 0 Å². The molecule has 0 radical (unpaired) electrons. The molecule has 8 bridgehead atoms. The Morgan fingerprint density at radius 2 is 1.88 bits per heavy atom. The fourth-order valence-electron chi connectivity index (χ4n) is 6.89. The van der Waals surface area contributed by atoms with Gasteiger partial charge in [-0.2, -0.15) is 0 Å². The SMILES string of the molecule is C1=C[C@H]2CCC=C3CC[C@@H](C3)[C@H]3C=C1C[C@H]3[C@@H]1CCC(CCC2)C1. The average molecular weight is 323 g/mol. The van der Waals surface area contributed by atoms with Gasteiger partial charge < -0.3 is 0 Å². The van der Waals surface area contributed by atoms with Gasteiger partial charge in [0.1, 0.15) is 0 Å². The van der Waals surface area contributed by atoms with Gasteiger partial charge in [-0.3, -0.25) is 0 Å². The Bertz CT molecular complexity index is 563. The quantitative estimate of drug-likeness (QED) is 0.428. The fraction of sp³-hybridized carbons (Fsp3) is 0.750. The zero-order valence-electron chi connectivity index (χ0n) is 15.3. The van der Waals surface area contributed by atoms with Crippen molar-refractivity contribution >= 4 is 0 Å². The van der Waals surface area contributed by atoms with Gasteiger partial charge in [0, 0.05) is 0 Å². The second-order valence-electron chi connectivity index (χ2n) is 9.62. The molecule has 6 atom stereocenters. The largest absolute Gasteiger partial charge is 0.0853 e. The van der Waals surface area contributed by atoms with Crippen molar-refractivity contribution in [2.24, 2.45) is 35.5 Å². The van der Waals surface area contributed by atoms with Crippen LogP contribution in [0.5, 0.6) is 0 Å². The minimum Gasteiger partial charge on any atom is -0.0853 e. The van der Waals surface area contributed by atoms with Crippen LogP contribution in [0.3, 0.4) is 0 Å². The van der Waals surface area contributed by atoms with Gasteiger partial charge in [-0.15, -0.1) is 0 Å². The van der Waals surface area contributed by atoms with Crippen molar-refractivity contribution in [1.29, 1.82) is 0 Å². The highest BCUT2D eigenvalue weighted by Crippen LogP contribution is 2.52. The van der Waals surface area contributed by atoms with Crippen molar-refractivity contribution in [2.75, 3.05) is 0 Å². The first-order chi connectivity index (χ1) is 11.8. The van der Waals surface area contributed by atoms with Crippen molar-refractivity contribution in [3.05, 3.63) is 35.5 Å². The number of fused-ring (bicyclic) bond motifs is 10. The molecule has 0 heterocycles. The monoisotopic (exact) mass is 322 g/mol. The molecule has 0 nitrogen and oxygen atoms in total. The molecular weight excluding hydrogens is 288 g/mol. The molecule has 2 fully saturated rings. The summed E-state index contributed by atoms with van der Waals surface area (Å²) in [6, 6.07) is 0. The second-order valence-corrected chi connectivity index (χ2v) is 9.62. The van der Waals surface area contributed by atoms with Gasteiger partial charge in [-0.1, -0.05) is 54.7 Å². The van der Waals surface area contributed by atoms with Gasteiger partial charge >= 0.3 is 0 Å². The molecule has 0 spiro atoms. The number of rotatable bonds is 0. The van der Waals surface area contributed by atoms with Crippen LogP contribution in [-0.4, -0.2) is 0 Å². The number of allylic oxidation sites excluding steroid dienone is 6. The van der Waals surface area contributed by atoms with E-state index in [1.54, 1.807) is 12.0 Å². The molecule has 24 heavy (non-hydrogen) atoms. The van der Waals surface area contributed by atoms with E-state index in [-0.39, 0.29) is 0 Å². The Kier molecular flexibility index (Phi) is 4.19. The third-order valence-corrected chi connectivity index (χ3v) is 8.20. The lowest BCUT2D eigenvalue weighted by Crippen LogP contribution is -2.23. The maximum absolute atomic E-state index is 2.75. The van der Waals surface area contributed by atoms with Crippen LogP contribution in [0, 0.1) is 35.5 Å². The van der Waals surface area contributed by atoms with E-state index >= 15 is 0 Å². The highest BCUT2D eigenvalue weighted by atomic mass is 14.5. The van der Waals surface area contributed by atoms with E-state index in [1.807, 2.05) is 5.57 Å². The smallest absolute Gasteiger partial charge is 0.0162 e. The highest BCUT2D eigenvalue weighted by Gasteiger charge is 2.41. The van der Waals surface area contributed by atoms with E-state index in [1.165, 1.54) is 70.6 Å². The predicted octanol–water partition coefficient (Wildman–Crippen LogP) is 6.84. The van der Waals surface area contributed by atoms with Crippen LogP contribution in [0.1, 0.15) is 77.0 Å². The topological polar surface area (TPSA) is 0 Å². The van der Waals surface area contributed by atoms with E-state index in [4.69, 9.17) is 0 Å². The normalized spacial score (nSPS) is 44.7. The van der Waals surface area contributed by atoms with Crippen molar-refractivity contribution < 1.29 is 0 Å². The van der Waals surface area contributed by atoms with E-state index in [9.17, 15) is 0 Å². The first kappa shape index (κ1) is 15.5. The summed E-state index contributed by atoms with van der Waals surface area (Å²) in [7, 11) is 0. The van der Waals surface area contributed by atoms with Crippen molar-refractivity contribution in [3.63, 3.8) is 0 Å². The molecule has 0 aromatic rings. The Hall–Kier alpha value is -0.780. The van der Waals surface area contributed by atoms with E-state index in [0.29, 0.717) is 0 Å². The van der Waals surface area contributed by atoms with Crippen LogP contribution in [0.4, 0.5) is 0 Å². The summed E-state index contributed by atoms with van der Waals surface area (Å²) in [5.74, 6) is 5.78. The maximum Gasteiger partial charge on any atom is -0.0162 e. The van der Waals surface area contributed by atoms with Crippen LogP contribution in [-0.2, 0) is 0 Å². The molecule has 0 N–H and O–H groups in total. The zero-order valence-corrected chi connectivity index (χ0v) is 15.3. The van der Waals surface area contributed by atoms with Crippen molar-refractivity contribution in [3.8, 4) is 0 Å². The minimum atomic E-state index is 0.827. The molecule has 5 aliphatic carbocycles. The molecular formula is C24H34. The summed E-state index contributed by atoms with van der Waals surface area (Å²) >= 11 is 0. The van der Waals surface area contributed by atoms with Gasteiger partial charge in [-0.25, -0.2) is 0 Å². The van der Waals surface area contributed by atoms with Crippen LogP contribution in [0.15, 0.2) is 35.5 Å². The Balaban J connectivity index is 1.52. The van der Waals surface area contributed by atoms with E-state index in [2.05, 4.69) is 24.3 Å². The number of hydrogen-bond donors (Lipinski definition) is 0. The summed E-state index contributed by atoms with van der Waals surface area (Å²) in [5.41, 5.74) is 3.51. The minimum absolute atomic E-state index is 0.827. The number of hydrogen-bond acceptors (Lipinski definition) is 0. The summed E-state index contributed by atoms with van der Waals surface area (Å²) in [6.45, 7) is 0. The van der Waals surface area contributed by atoms with Gasteiger partial charge in [0.15, 0.2) is 0 Å². The second kappa shape index (κ2) is 6.50. The molecule has 0 aliphatic heterocycles. The van der Waals surface area contributed by atoms with Crippen molar-refractivity contribution in [2.45, 2.75) is 77.0 Å². The van der Waals surface area contributed by atoms with E-state index < -0.39 is 0 Å². The molecule has 5 rings (SSSR count). The highest BCUT2D eigenvalue weighted by molar-refractivity contribution is 5.28. The summed E-state index contributed by atoms with van der Waals surface area (Å²) < 4.78 is 0. The van der Waals surface area contributed by atoms with Crippen LogP contribution in [0.25, 0.3) is 0 Å². The Labute approximate surface area is 148 Å². The van der Waals surface area contributed by atoms with Crippen LogP contribution in [0.2, 0.25) is 0 Å². The van der Waals surface area contributed by atoms with Crippen molar-refractivity contribution in [1.82, 2.24) is 0 Å². The fourth-order valence-corrected chi connectivity index (χ4v) is 6.89. The molecule has 0 aromatic heterocycles. The van der Waals surface area contributed by atoms with Gasteiger partial charge in [0.25, 0.3) is 0 Å². The first-order valence-electron chi connectivity index (χ1n) is 10.9. The molecule has 1 unspecified atom stereocenters. The average Bonchev–Trinajstić information content (AvgIpc) is 3.29. The lowest BCUT2D eigenvalue weighted by molar-refractivity contribution is 0.215. The molecule has 5 aliphatic rings. The lowest BCUT2D eigenvalue weighted by Gasteiger charge is -2.30. The molecule has 130 valence electrons. The predicted molar refractivity (Wildman–Crippen MR) is 102 cm³/mol. The third-order valence-electron chi connectivity index (χ3n) is 8.20. The molecule has 0 heteroatoms. The molecule has 0 saturated heterocycles. The Morgan fingerprint density at radius 3 is 2.88 bits per heavy atom. The van der Waals surface area contributed by atoms with Crippen LogP contribution >= 0.6 is 0 Å².